The average Bonchev–Trinajstić information content (AvgIpc) is 3.25. The molecule has 0 saturated carbocycles. The lowest BCUT2D eigenvalue weighted by atomic mass is 10.0. The van der Waals surface area contributed by atoms with Crippen molar-refractivity contribution in [3.63, 3.8) is 0 Å². The van der Waals surface area contributed by atoms with E-state index in [9.17, 15) is 19.8 Å². The predicted molar refractivity (Wildman–Crippen MR) is 259 cm³/mol. The summed E-state index contributed by atoms with van der Waals surface area (Å²) in [4.78, 5) is 24.5. The molecule has 0 spiro atoms. The van der Waals surface area contributed by atoms with E-state index in [4.69, 9.17) is 4.74 Å². The highest BCUT2D eigenvalue weighted by molar-refractivity contribution is 5.76. The van der Waals surface area contributed by atoms with Crippen LogP contribution in [0.2, 0.25) is 0 Å². The average molecular weight is 844 g/mol. The van der Waals surface area contributed by atoms with Gasteiger partial charge in [-0.1, -0.05) is 230 Å². The molecule has 0 rings (SSSR count). The van der Waals surface area contributed by atoms with Gasteiger partial charge in [0, 0.05) is 12.8 Å². The number of aliphatic hydroxyl groups excluding tert-OH is 2. The van der Waals surface area contributed by atoms with Crippen LogP contribution in [0.5, 0.6) is 0 Å². The van der Waals surface area contributed by atoms with E-state index in [0.29, 0.717) is 19.4 Å². The van der Waals surface area contributed by atoms with Crippen molar-refractivity contribution < 1.29 is 24.5 Å². The van der Waals surface area contributed by atoms with E-state index in [1.807, 2.05) is 6.08 Å². The third-order valence-corrected chi connectivity index (χ3v) is 11.9. The molecule has 0 aliphatic heterocycles. The summed E-state index contributed by atoms with van der Waals surface area (Å²) in [6, 6.07) is -0.643. The van der Waals surface area contributed by atoms with Crippen molar-refractivity contribution in [3.8, 4) is 0 Å². The molecule has 0 fully saturated rings. The SMILES string of the molecule is CCCCCC/C=C\C/C=C\CCCCCCCC(=O)OCCCCCCCCCCCCCC(=O)NC(CO)C(O)/C=C/CCCCCCCCCCCCCCCC. The van der Waals surface area contributed by atoms with Gasteiger partial charge in [0.15, 0.2) is 0 Å². The van der Waals surface area contributed by atoms with Crippen LogP contribution < -0.4 is 5.32 Å². The molecule has 0 aromatic rings. The number of amides is 1. The Balaban J connectivity index is 3.52. The minimum Gasteiger partial charge on any atom is -0.466 e. The van der Waals surface area contributed by atoms with Crippen LogP contribution in [0.3, 0.4) is 0 Å². The Bertz CT molecular complexity index is 977. The Morgan fingerprint density at radius 1 is 0.467 bits per heavy atom. The Morgan fingerprint density at radius 2 is 0.833 bits per heavy atom. The van der Waals surface area contributed by atoms with Crippen LogP contribution in [0.25, 0.3) is 0 Å². The van der Waals surface area contributed by atoms with Gasteiger partial charge in [0.1, 0.15) is 0 Å². The Hall–Kier alpha value is -1.92. The van der Waals surface area contributed by atoms with Crippen molar-refractivity contribution in [2.24, 2.45) is 0 Å². The summed E-state index contributed by atoms with van der Waals surface area (Å²) in [6.45, 7) is 4.83. The van der Waals surface area contributed by atoms with Crippen LogP contribution in [-0.2, 0) is 14.3 Å². The molecule has 0 aliphatic carbocycles. The molecule has 60 heavy (non-hydrogen) atoms. The molecular formula is C54H101NO5. The van der Waals surface area contributed by atoms with E-state index in [-0.39, 0.29) is 18.5 Å². The van der Waals surface area contributed by atoms with E-state index >= 15 is 0 Å². The third-order valence-electron chi connectivity index (χ3n) is 11.9. The van der Waals surface area contributed by atoms with Crippen molar-refractivity contribution in [1.29, 1.82) is 0 Å². The van der Waals surface area contributed by atoms with E-state index in [0.717, 1.165) is 70.6 Å². The van der Waals surface area contributed by atoms with Gasteiger partial charge in [-0.25, -0.2) is 0 Å². The first-order valence-electron chi connectivity index (χ1n) is 26.3. The number of carbonyl (C=O) groups is 2. The maximum atomic E-state index is 12.4. The summed E-state index contributed by atoms with van der Waals surface area (Å²) in [7, 11) is 0. The number of esters is 1. The summed E-state index contributed by atoms with van der Waals surface area (Å²) in [5.74, 6) is -0.117. The highest BCUT2D eigenvalue weighted by atomic mass is 16.5. The first kappa shape index (κ1) is 58.1. The molecule has 6 heteroatoms. The second-order valence-corrected chi connectivity index (χ2v) is 17.9. The van der Waals surface area contributed by atoms with Gasteiger partial charge in [0.05, 0.1) is 25.4 Å². The maximum Gasteiger partial charge on any atom is 0.305 e. The van der Waals surface area contributed by atoms with Gasteiger partial charge in [-0.15, -0.1) is 0 Å². The molecule has 1 amide bonds. The molecule has 2 atom stereocenters. The van der Waals surface area contributed by atoms with E-state index in [1.54, 1.807) is 6.08 Å². The molecular weight excluding hydrogens is 743 g/mol. The fourth-order valence-corrected chi connectivity index (χ4v) is 7.84. The highest BCUT2D eigenvalue weighted by Crippen LogP contribution is 2.15. The molecule has 6 nitrogen and oxygen atoms in total. The normalized spacial score (nSPS) is 12.9. The maximum absolute atomic E-state index is 12.4. The number of hydrogen-bond donors (Lipinski definition) is 3. The number of hydrogen-bond acceptors (Lipinski definition) is 5. The number of rotatable bonds is 48. The van der Waals surface area contributed by atoms with Crippen molar-refractivity contribution in [2.45, 2.75) is 283 Å². The van der Waals surface area contributed by atoms with Gasteiger partial charge in [-0.05, 0) is 64.2 Å². The molecule has 0 saturated heterocycles. The van der Waals surface area contributed by atoms with E-state index < -0.39 is 12.1 Å². The second kappa shape index (κ2) is 49.7. The molecule has 2 unspecified atom stereocenters. The Morgan fingerprint density at radius 3 is 1.28 bits per heavy atom. The topological polar surface area (TPSA) is 95.9 Å². The minimum absolute atomic E-state index is 0.0292. The van der Waals surface area contributed by atoms with Crippen LogP contribution in [-0.4, -0.2) is 47.4 Å². The predicted octanol–water partition coefficient (Wildman–Crippen LogP) is 15.7. The number of unbranched alkanes of at least 4 members (excludes halogenated alkanes) is 33. The molecule has 352 valence electrons. The highest BCUT2D eigenvalue weighted by Gasteiger charge is 2.18. The molecule has 3 N–H and O–H groups in total. The lowest BCUT2D eigenvalue weighted by Gasteiger charge is -2.20. The third kappa shape index (κ3) is 45.6. The van der Waals surface area contributed by atoms with Gasteiger partial charge in [-0.3, -0.25) is 9.59 Å². The first-order valence-corrected chi connectivity index (χ1v) is 26.3. The fraction of sp³-hybridized carbons (Fsp3) is 0.852. The molecule has 0 radical (unpaired) electrons. The van der Waals surface area contributed by atoms with Gasteiger partial charge in [0.25, 0.3) is 0 Å². The van der Waals surface area contributed by atoms with Gasteiger partial charge >= 0.3 is 5.97 Å². The number of ether oxygens (including phenoxy) is 1. The number of carbonyl (C=O) groups excluding carboxylic acids is 2. The molecule has 0 aliphatic rings. The van der Waals surface area contributed by atoms with Crippen molar-refractivity contribution >= 4 is 11.9 Å². The monoisotopic (exact) mass is 844 g/mol. The lowest BCUT2D eigenvalue weighted by Crippen LogP contribution is -2.45. The second-order valence-electron chi connectivity index (χ2n) is 17.9. The van der Waals surface area contributed by atoms with E-state index in [1.165, 1.54) is 173 Å². The summed E-state index contributed by atoms with van der Waals surface area (Å²) >= 11 is 0. The van der Waals surface area contributed by atoms with Gasteiger partial charge in [-0.2, -0.15) is 0 Å². The Kier molecular flexibility index (Phi) is 48.1. The quantitative estimate of drug-likeness (QED) is 0.0322. The zero-order valence-corrected chi connectivity index (χ0v) is 39.9. The van der Waals surface area contributed by atoms with E-state index in [2.05, 4.69) is 43.5 Å². The number of allylic oxidation sites excluding steroid dienone is 5. The van der Waals surface area contributed by atoms with Crippen LogP contribution in [0.15, 0.2) is 36.5 Å². The van der Waals surface area contributed by atoms with Crippen LogP contribution in [0.4, 0.5) is 0 Å². The first-order chi connectivity index (χ1) is 29.5. The van der Waals surface area contributed by atoms with Crippen molar-refractivity contribution in [3.05, 3.63) is 36.5 Å². The molecule has 0 aromatic carbocycles. The van der Waals surface area contributed by atoms with Crippen LogP contribution in [0, 0.1) is 0 Å². The van der Waals surface area contributed by atoms with Crippen molar-refractivity contribution in [2.75, 3.05) is 13.2 Å². The molecule has 0 heterocycles. The van der Waals surface area contributed by atoms with Crippen LogP contribution in [0.1, 0.15) is 271 Å². The smallest absolute Gasteiger partial charge is 0.305 e. The van der Waals surface area contributed by atoms with Gasteiger partial charge < -0.3 is 20.3 Å². The summed E-state index contributed by atoms with van der Waals surface area (Å²) in [5.41, 5.74) is 0. The standard InChI is InChI=1S/C54H101NO5/c1-3-5-7-9-11-13-15-17-19-21-23-26-30-34-38-42-46-52(57)51(50-56)55-53(58)47-43-39-35-31-27-25-29-33-37-41-45-49-60-54(59)48-44-40-36-32-28-24-22-20-18-16-14-12-10-8-6-4-2/h14,16,20,22,42,46,51-52,56-57H,3-13,15,17-19,21,23-41,43-45,47-50H2,1-2H3,(H,55,58)/b16-14-,22-20-,46-42+. The largest absolute Gasteiger partial charge is 0.466 e. The summed E-state index contributed by atoms with van der Waals surface area (Å²) in [5, 5.41) is 23.1. The zero-order chi connectivity index (χ0) is 43.7. The zero-order valence-electron chi connectivity index (χ0n) is 39.9. The summed E-state index contributed by atoms with van der Waals surface area (Å²) < 4.78 is 5.45. The van der Waals surface area contributed by atoms with Crippen molar-refractivity contribution in [1.82, 2.24) is 5.32 Å². The summed E-state index contributed by atoms with van der Waals surface area (Å²) in [6.07, 6.45) is 59.9. The number of aliphatic hydroxyl groups is 2. The minimum atomic E-state index is -0.858. The number of nitrogens with one attached hydrogen (secondary N) is 1. The van der Waals surface area contributed by atoms with Gasteiger partial charge in [0.2, 0.25) is 5.91 Å². The Labute approximate surface area is 373 Å². The van der Waals surface area contributed by atoms with Crippen LogP contribution >= 0.6 is 0 Å². The fourth-order valence-electron chi connectivity index (χ4n) is 7.84. The molecule has 0 bridgehead atoms. The molecule has 0 aromatic heterocycles. The lowest BCUT2D eigenvalue weighted by molar-refractivity contribution is -0.143.